The first kappa shape index (κ1) is 16.2. The molecule has 116 valence electrons. The summed E-state index contributed by atoms with van der Waals surface area (Å²) in [5.74, 6) is 0. The predicted molar refractivity (Wildman–Crippen MR) is 89.9 cm³/mol. The highest BCUT2D eigenvalue weighted by Crippen LogP contribution is 2.18. The van der Waals surface area contributed by atoms with E-state index in [1.54, 1.807) is 0 Å². The molecule has 0 saturated carbocycles. The molecule has 0 aliphatic rings. The number of anilines is 1. The second kappa shape index (κ2) is 6.70. The van der Waals surface area contributed by atoms with Crippen LogP contribution in [0.5, 0.6) is 0 Å². The zero-order chi connectivity index (χ0) is 16.2. The van der Waals surface area contributed by atoms with Gasteiger partial charge >= 0.3 is 6.09 Å². The Morgan fingerprint density at radius 3 is 2.64 bits per heavy atom. The summed E-state index contributed by atoms with van der Waals surface area (Å²) in [6.07, 6.45) is 5.05. The van der Waals surface area contributed by atoms with Crippen molar-refractivity contribution in [1.82, 2.24) is 9.97 Å². The maximum Gasteiger partial charge on any atom is 0.413 e. The molecular weight excluding hydrogens is 298 g/mol. The van der Waals surface area contributed by atoms with Crippen LogP contribution in [-0.4, -0.2) is 21.7 Å². The van der Waals surface area contributed by atoms with Crippen molar-refractivity contribution in [3.63, 3.8) is 0 Å². The molecule has 0 aliphatic heterocycles. The van der Waals surface area contributed by atoms with Gasteiger partial charge in [-0.05, 0) is 51.5 Å². The SMILES string of the molecule is Cc1ccc(C=Cc2csc(NC(=O)OC(C)(C)C)n2)nc1. The molecule has 0 aliphatic carbocycles. The zero-order valence-electron chi connectivity index (χ0n) is 13.1. The molecule has 0 aromatic carbocycles. The lowest BCUT2D eigenvalue weighted by Gasteiger charge is -2.18. The number of ether oxygens (including phenoxy) is 1. The molecule has 0 atom stereocenters. The van der Waals surface area contributed by atoms with Crippen molar-refractivity contribution >= 4 is 34.7 Å². The fourth-order valence-electron chi connectivity index (χ4n) is 1.56. The van der Waals surface area contributed by atoms with Crippen LogP contribution in [0.1, 0.15) is 37.7 Å². The van der Waals surface area contributed by atoms with E-state index in [9.17, 15) is 4.79 Å². The molecule has 0 saturated heterocycles. The van der Waals surface area contributed by atoms with Crippen LogP contribution < -0.4 is 5.32 Å². The lowest BCUT2D eigenvalue weighted by molar-refractivity contribution is 0.0636. The van der Waals surface area contributed by atoms with Crippen LogP contribution in [0.4, 0.5) is 9.93 Å². The van der Waals surface area contributed by atoms with Crippen LogP contribution in [0, 0.1) is 6.92 Å². The number of carbonyl (C=O) groups is 1. The molecule has 1 amide bonds. The van der Waals surface area contributed by atoms with Crippen molar-refractivity contribution < 1.29 is 9.53 Å². The Morgan fingerprint density at radius 1 is 1.27 bits per heavy atom. The third kappa shape index (κ3) is 5.29. The van der Waals surface area contributed by atoms with Crippen molar-refractivity contribution in [3.05, 3.63) is 40.7 Å². The first-order valence-electron chi connectivity index (χ1n) is 6.88. The first-order chi connectivity index (χ1) is 10.3. The minimum atomic E-state index is -0.527. The van der Waals surface area contributed by atoms with Crippen LogP contribution in [0.2, 0.25) is 0 Å². The lowest BCUT2D eigenvalue weighted by Crippen LogP contribution is -2.27. The van der Waals surface area contributed by atoms with Gasteiger partial charge in [-0.1, -0.05) is 6.07 Å². The Morgan fingerprint density at radius 2 is 2.00 bits per heavy atom. The van der Waals surface area contributed by atoms with E-state index in [0.717, 1.165) is 17.0 Å². The second-order valence-electron chi connectivity index (χ2n) is 5.80. The number of aryl methyl sites for hydroxylation is 1. The van der Waals surface area contributed by atoms with Gasteiger partial charge in [0.05, 0.1) is 11.4 Å². The topological polar surface area (TPSA) is 64.1 Å². The Kier molecular flexibility index (Phi) is 4.92. The molecule has 0 radical (unpaired) electrons. The monoisotopic (exact) mass is 317 g/mol. The lowest BCUT2D eigenvalue weighted by atomic mass is 10.2. The van der Waals surface area contributed by atoms with E-state index in [-0.39, 0.29) is 0 Å². The van der Waals surface area contributed by atoms with Crippen LogP contribution in [0.25, 0.3) is 12.2 Å². The normalized spacial score (nSPS) is 11.6. The summed E-state index contributed by atoms with van der Waals surface area (Å²) < 4.78 is 5.18. The smallest absolute Gasteiger partial charge is 0.413 e. The van der Waals surface area contributed by atoms with Crippen LogP contribution in [0.3, 0.4) is 0 Å². The number of rotatable bonds is 3. The van der Waals surface area contributed by atoms with Crippen molar-refractivity contribution in [3.8, 4) is 0 Å². The minimum Gasteiger partial charge on any atom is -0.444 e. The molecular formula is C16H19N3O2S. The van der Waals surface area contributed by atoms with E-state index < -0.39 is 11.7 Å². The molecule has 0 bridgehead atoms. The second-order valence-corrected chi connectivity index (χ2v) is 6.66. The number of thiazole rings is 1. The molecule has 2 aromatic rings. The molecule has 0 spiro atoms. The minimum absolute atomic E-state index is 0.502. The molecule has 5 nitrogen and oxygen atoms in total. The summed E-state index contributed by atoms with van der Waals surface area (Å²) >= 11 is 1.35. The van der Waals surface area contributed by atoms with Gasteiger partial charge in [0.15, 0.2) is 5.13 Å². The number of carbonyl (C=O) groups excluding carboxylic acids is 1. The maximum absolute atomic E-state index is 11.7. The molecule has 2 heterocycles. The molecule has 6 heteroatoms. The predicted octanol–water partition coefficient (Wildman–Crippen LogP) is 4.36. The maximum atomic E-state index is 11.7. The molecule has 2 rings (SSSR count). The quantitative estimate of drug-likeness (QED) is 0.913. The number of pyridine rings is 1. The highest BCUT2D eigenvalue weighted by Gasteiger charge is 2.16. The van der Waals surface area contributed by atoms with E-state index >= 15 is 0 Å². The largest absolute Gasteiger partial charge is 0.444 e. The van der Waals surface area contributed by atoms with Gasteiger partial charge in [-0.2, -0.15) is 0 Å². The average molecular weight is 317 g/mol. The zero-order valence-corrected chi connectivity index (χ0v) is 13.9. The summed E-state index contributed by atoms with van der Waals surface area (Å²) in [5, 5.41) is 4.99. The van der Waals surface area contributed by atoms with Crippen LogP contribution in [-0.2, 0) is 4.74 Å². The molecule has 2 aromatic heterocycles. The molecule has 1 N–H and O–H groups in total. The highest BCUT2D eigenvalue weighted by atomic mass is 32.1. The number of hydrogen-bond acceptors (Lipinski definition) is 5. The van der Waals surface area contributed by atoms with Gasteiger partial charge < -0.3 is 4.74 Å². The van der Waals surface area contributed by atoms with Gasteiger partial charge in [-0.3, -0.25) is 10.3 Å². The van der Waals surface area contributed by atoms with Gasteiger partial charge in [-0.25, -0.2) is 9.78 Å². The summed E-state index contributed by atoms with van der Waals surface area (Å²) in [6, 6.07) is 3.95. The Bertz CT molecular complexity index is 669. The van der Waals surface area contributed by atoms with Gasteiger partial charge in [-0.15, -0.1) is 11.3 Å². The van der Waals surface area contributed by atoms with Crippen LogP contribution >= 0.6 is 11.3 Å². The number of nitrogens with one attached hydrogen (secondary N) is 1. The number of aromatic nitrogens is 2. The fraction of sp³-hybridized carbons (Fsp3) is 0.312. The summed E-state index contributed by atoms with van der Waals surface area (Å²) in [7, 11) is 0. The number of hydrogen-bond donors (Lipinski definition) is 1. The van der Waals surface area contributed by atoms with Crippen molar-refractivity contribution in [2.75, 3.05) is 5.32 Å². The average Bonchev–Trinajstić information content (AvgIpc) is 2.83. The van der Waals surface area contributed by atoms with Gasteiger partial charge in [0, 0.05) is 11.6 Å². The summed E-state index contributed by atoms with van der Waals surface area (Å²) in [4.78, 5) is 20.2. The van der Waals surface area contributed by atoms with E-state index in [0.29, 0.717) is 5.13 Å². The standard InChI is InChI=1S/C16H19N3O2S/c1-11-5-6-12(17-9-11)7-8-13-10-22-14(18-13)19-15(20)21-16(2,3)4/h5-10H,1-4H3,(H,18,19,20). The third-order valence-electron chi connectivity index (χ3n) is 2.49. The van der Waals surface area contributed by atoms with E-state index in [4.69, 9.17) is 4.74 Å². The Balaban J connectivity index is 1.96. The van der Waals surface area contributed by atoms with Gasteiger partial charge in [0.2, 0.25) is 0 Å². The molecule has 22 heavy (non-hydrogen) atoms. The fourth-order valence-corrected chi connectivity index (χ4v) is 2.22. The van der Waals surface area contributed by atoms with E-state index in [1.807, 2.05) is 63.6 Å². The van der Waals surface area contributed by atoms with Crippen LogP contribution in [0.15, 0.2) is 23.7 Å². The van der Waals surface area contributed by atoms with E-state index in [1.165, 1.54) is 11.3 Å². The Hall–Kier alpha value is -2.21. The first-order valence-corrected chi connectivity index (χ1v) is 7.76. The third-order valence-corrected chi connectivity index (χ3v) is 3.26. The number of nitrogens with zero attached hydrogens (tertiary/aromatic N) is 2. The van der Waals surface area contributed by atoms with Crippen molar-refractivity contribution in [1.29, 1.82) is 0 Å². The van der Waals surface area contributed by atoms with Gasteiger partial charge in [0.25, 0.3) is 0 Å². The Labute approximate surface area is 134 Å². The highest BCUT2D eigenvalue weighted by molar-refractivity contribution is 7.14. The molecule has 0 fully saturated rings. The van der Waals surface area contributed by atoms with Crippen molar-refractivity contribution in [2.24, 2.45) is 0 Å². The van der Waals surface area contributed by atoms with E-state index in [2.05, 4.69) is 15.3 Å². The summed E-state index contributed by atoms with van der Waals surface area (Å²) in [6.45, 7) is 7.45. The number of amides is 1. The molecule has 0 unspecified atom stereocenters. The van der Waals surface area contributed by atoms with Gasteiger partial charge in [0.1, 0.15) is 5.60 Å². The van der Waals surface area contributed by atoms with Crippen molar-refractivity contribution in [2.45, 2.75) is 33.3 Å². The summed E-state index contributed by atoms with van der Waals surface area (Å²) in [5.41, 5.74) is 2.22.